The zero-order valence-electron chi connectivity index (χ0n) is 17.3. The highest BCUT2D eigenvalue weighted by atomic mass is 79.9. The van der Waals surface area contributed by atoms with E-state index in [0.29, 0.717) is 36.4 Å². The van der Waals surface area contributed by atoms with Crippen molar-refractivity contribution in [3.8, 4) is 5.75 Å². The Balaban J connectivity index is 1.58. The van der Waals surface area contributed by atoms with Gasteiger partial charge in [-0.15, -0.1) is 0 Å². The van der Waals surface area contributed by atoms with Crippen LogP contribution >= 0.6 is 15.9 Å². The number of ether oxygens (including phenoxy) is 2. The average Bonchev–Trinajstić information content (AvgIpc) is 3.25. The van der Waals surface area contributed by atoms with E-state index in [-0.39, 0.29) is 17.9 Å². The number of aryl methyl sites for hydroxylation is 1. The van der Waals surface area contributed by atoms with Gasteiger partial charge in [0.05, 0.1) is 10.6 Å². The topological polar surface area (TPSA) is 67.9 Å². The Morgan fingerprint density at radius 2 is 2.07 bits per heavy atom. The Morgan fingerprint density at radius 1 is 1.23 bits per heavy atom. The standard InChI is InChI=1S/C23H27BrN2O4/c1-26(2)22(27)11-8-16-5-3-6-18(13-16)25-23(28)17-9-10-21(20(24)14-17)30-15-19-7-4-12-29-19/h3,5-6,9-10,13-14,19H,4,7-8,11-12,15H2,1-2H3,(H,25,28). The first-order valence-corrected chi connectivity index (χ1v) is 10.9. The maximum absolute atomic E-state index is 12.7. The first kappa shape index (κ1) is 22.3. The predicted molar refractivity (Wildman–Crippen MR) is 120 cm³/mol. The molecular formula is C23H27BrN2O4. The fraction of sp³-hybridized carbons (Fsp3) is 0.391. The normalized spacial score (nSPS) is 15.6. The number of carbonyl (C=O) groups is 2. The minimum absolute atomic E-state index is 0.0797. The van der Waals surface area contributed by atoms with Gasteiger partial charge < -0.3 is 19.7 Å². The van der Waals surface area contributed by atoms with Crippen LogP contribution in [0.3, 0.4) is 0 Å². The number of amides is 2. The van der Waals surface area contributed by atoms with Crippen molar-refractivity contribution < 1.29 is 19.1 Å². The summed E-state index contributed by atoms with van der Waals surface area (Å²) in [5, 5.41) is 2.92. The molecule has 1 fully saturated rings. The molecule has 0 saturated carbocycles. The molecule has 0 aromatic heterocycles. The minimum Gasteiger partial charge on any atom is -0.490 e. The molecule has 1 saturated heterocycles. The van der Waals surface area contributed by atoms with E-state index in [4.69, 9.17) is 9.47 Å². The molecule has 1 aliphatic rings. The van der Waals surface area contributed by atoms with Gasteiger partial charge in [-0.2, -0.15) is 0 Å². The maximum Gasteiger partial charge on any atom is 0.255 e. The summed E-state index contributed by atoms with van der Waals surface area (Å²) in [6.45, 7) is 1.30. The van der Waals surface area contributed by atoms with E-state index in [0.717, 1.165) is 29.5 Å². The second-order valence-corrected chi connectivity index (χ2v) is 8.39. The van der Waals surface area contributed by atoms with Gasteiger partial charge in [-0.05, 0) is 71.1 Å². The highest BCUT2D eigenvalue weighted by Crippen LogP contribution is 2.27. The molecule has 2 aromatic rings. The van der Waals surface area contributed by atoms with Crippen LogP contribution in [0.15, 0.2) is 46.9 Å². The highest BCUT2D eigenvalue weighted by molar-refractivity contribution is 9.10. The van der Waals surface area contributed by atoms with Crippen LogP contribution in [-0.2, 0) is 16.0 Å². The van der Waals surface area contributed by atoms with Crippen LogP contribution < -0.4 is 10.1 Å². The molecule has 7 heteroatoms. The van der Waals surface area contributed by atoms with Crippen LogP contribution in [0.2, 0.25) is 0 Å². The Kier molecular flexibility index (Phi) is 7.87. The molecule has 1 heterocycles. The number of hydrogen-bond acceptors (Lipinski definition) is 4. The van der Waals surface area contributed by atoms with Gasteiger partial charge in [-0.1, -0.05) is 12.1 Å². The zero-order valence-corrected chi connectivity index (χ0v) is 18.9. The van der Waals surface area contributed by atoms with Crippen molar-refractivity contribution in [1.82, 2.24) is 4.90 Å². The monoisotopic (exact) mass is 474 g/mol. The molecule has 0 spiro atoms. The second kappa shape index (κ2) is 10.6. The molecule has 3 rings (SSSR count). The average molecular weight is 475 g/mol. The minimum atomic E-state index is -0.206. The number of anilines is 1. The van der Waals surface area contributed by atoms with Crippen molar-refractivity contribution in [2.45, 2.75) is 31.8 Å². The van der Waals surface area contributed by atoms with E-state index >= 15 is 0 Å². The summed E-state index contributed by atoms with van der Waals surface area (Å²) in [6.07, 6.45) is 3.29. The van der Waals surface area contributed by atoms with Crippen molar-refractivity contribution in [3.05, 3.63) is 58.1 Å². The van der Waals surface area contributed by atoms with Crippen LogP contribution in [0.5, 0.6) is 5.75 Å². The molecule has 1 unspecified atom stereocenters. The van der Waals surface area contributed by atoms with Crippen molar-refractivity contribution in [3.63, 3.8) is 0 Å². The molecule has 0 radical (unpaired) electrons. The molecule has 1 aliphatic heterocycles. The van der Waals surface area contributed by atoms with E-state index in [2.05, 4.69) is 21.2 Å². The number of nitrogens with one attached hydrogen (secondary N) is 1. The van der Waals surface area contributed by atoms with Crippen molar-refractivity contribution in [2.24, 2.45) is 0 Å². The van der Waals surface area contributed by atoms with E-state index in [1.165, 1.54) is 0 Å². The van der Waals surface area contributed by atoms with E-state index in [9.17, 15) is 9.59 Å². The summed E-state index contributed by atoms with van der Waals surface area (Å²) in [6, 6.07) is 12.8. The number of carbonyl (C=O) groups excluding carboxylic acids is 2. The lowest BCUT2D eigenvalue weighted by Gasteiger charge is -2.13. The number of nitrogens with zero attached hydrogens (tertiary/aromatic N) is 1. The summed E-state index contributed by atoms with van der Waals surface area (Å²) in [7, 11) is 3.49. The summed E-state index contributed by atoms with van der Waals surface area (Å²) >= 11 is 3.49. The van der Waals surface area contributed by atoms with E-state index < -0.39 is 0 Å². The first-order valence-electron chi connectivity index (χ1n) is 10.1. The number of halogens is 1. The van der Waals surface area contributed by atoms with Gasteiger partial charge in [0.15, 0.2) is 0 Å². The predicted octanol–water partition coefficient (Wildman–Crippen LogP) is 4.28. The Bertz CT molecular complexity index is 895. The maximum atomic E-state index is 12.7. The van der Waals surface area contributed by atoms with Gasteiger partial charge in [-0.3, -0.25) is 9.59 Å². The molecule has 2 aromatic carbocycles. The van der Waals surface area contributed by atoms with Crippen LogP contribution in [0.4, 0.5) is 5.69 Å². The SMILES string of the molecule is CN(C)C(=O)CCc1cccc(NC(=O)c2ccc(OCC3CCCO3)c(Br)c2)c1. The van der Waals surface area contributed by atoms with Gasteiger partial charge in [0, 0.05) is 38.4 Å². The molecule has 0 aliphatic carbocycles. The third-order valence-corrected chi connectivity index (χ3v) is 5.57. The molecule has 1 N–H and O–H groups in total. The van der Waals surface area contributed by atoms with Gasteiger partial charge in [-0.25, -0.2) is 0 Å². The molecule has 2 amide bonds. The zero-order chi connectivity index (χ0) is 21.5. The molecule has 1 atom stereocenters. The third kappa shape index (κ3) is 6.31. The fourth-order valence-electron chi connectivity index (χ4n) is 3.20. The van der Waals surface area contributed by atoms with Gasteiger partial charge >= 0.3 is 0 Å². The van der Waals surface area contributed by atoms with E-state index in [1.807, 2.05) is 24.3 Å². The highest BCUT2D eigenvalue weighted by Gasteiger charge is 2.17. The quantitative estimate of drug-likeness (QED) is 0.619. The Labute approximate surface area is 185 Å². The van der Waals surface area contributed by atoms with Crippen molar-refractivity contribution in [1.29, 1.82) is 0 Å². The van der Waals surface area contributed by atoms with Crippen LogP contribution in [0.1, 0.15) is 35.2 Å². The van der Waals surface area contributed by atoms with E-state index in [1.54, 1.807) is 37.2 Å². The number of rotatable bonds is 8. The van der Waals surface area contributed by atoms with Gasteiger partial charge in [0.25, 0.3) is 5.91 Å². The second-order valence-electron chi connectivity index (χ2n) is 7.53. The fourth-order valence-corrected chi connectivity index (χ4v) is 3.69. The largest absolute Gasteiger partial charge is 0.490 e. The summed E-state index contributed by atoms with van der Waals surface area (Å²) < 4.78 is 12.1. The van der Waals surface area contributed by atoms with Crippen LogP contribution in [0.25, 0.3) is 0 Å². The lowest BCUT2D eigenvalue weighted by Crippen LogP contribution is -2.21. The van der Waals surface area contributed by atoms with Gasteiger partial charge in [0.2, 0.25) is 5.91 Å². The Hall–Kier alpha value is -2.38. The lowest BCUT2D eigenvalue weighted by atomic mass is 10.1. The number of benzene rings is 2. The molecule has 160 valence electrons. The van der Waals surface area contributed by atoms with Crippen molar-refractivity contribution in [2.75, 3.05) is 32.6 Å². The summed E-state index contributed by atoms with van der Waals surface area (Å²) in [4.78, 5) is 26.0. The summed E-state index contributed by atoms with van der Waals surface area (Å²) in [5.74, 6) is 0.564. The lowest BCUT2D eigenvalue weighted by molar-refractivity contribution is -0.128. The van der Waals surface area contributed by atoms with Crippen molar-refractivity contribution >= 4 is 33.4 Å². The summed E-state index contributed by atoms with van der Waals surface area (Å²) in [5.41, 5.74) is 2.23. The van der Waals surface area contributed by atoms with Crippen LogP contribution in [0, 0.1) is 0 Å². The van der Waals surface area contributed by atoms with Crippen LogP contribution in [-0.4, -0.2) is 50.1 Å². The smallest absolute Gasteiger partial charge is 0.255 e. The molecule has 6 nitrogen and oxygen atoms in total. The molecular weight excluding hydrogens is 448 g/mol. The number of hydrogen-bond donors (Lipinski definition) is 1. The van der Waals surface area contributed by atoms with Gasteiger partial charge in [0.1, 0.15) is 12.4 Å². The molecule has 0 bridgehead atoms. The first-order chi connectivity index (χ1) is 14.4. The third-order valence-electron chi connectivity index (χ3n) is 4.95. The molecule has 30 heavy (non-hydrogen) atoms. The Morgan fingerprint density at radius 3 is 2.77 bits per heavy atom.